The normalized spacial score (nSPS) is 17.1. The minimum absolute atomic E-state index is 0.00544. The van der Waals surface area contributed by atoms with Crippen LogP contribution in [-0.4, -0.2) is 26.5 Å². The molecule has 2 heterocycles. The third-order valence-corrected chi connectivity index (χ3v) is 7.54. The fourth-order valence-electron chi connectivity index (χ4n) is 3.03. The molecule has 0 spiro atoms. The molecule has 3 rings (SSSR count). The summed E-state index contributed by atoms with van der Waals surface area (Å²) in [7, 11) is 3.95. The first-order chi connectivity index (χ1) is 12.5. The molecule has 5 nitrogen and oxygen atoms in total. The summed E-state index contributed by atoms with van der Waals surface area (Å²) < 4.78 is 1.60. The molecule has 0 saturated carbocycles. The largest absolute Gasteiger partial charge is 0.326 e. The van der Waals surface area contributed by atoms with Crippen molar-refractivity contribution in [3.8, 4) is 0 Å². The van der Waals surface area contributed by atoms with E-state index in [1.807, 2.05) is 35.4 Å². The van der Waals surface area contributed by atoms with E-state index < -0.39 is 0 Å². The van der Waals surface area contributed by atoms with Crippen molar-refractivity contribution in [1.29, 1.82) is 0 Å². The van der Waals surface area contributed by atoms with Crippen LogP contribution in [0.1, 0.15) is 52.0 Å². The van der Waals surface area contributed by atoms with Crippen LogP contribution in [0.3, 0.4) is 0 Å². The van der Waals surface area contributed by atoms with Crippen LogP contribution >= 0.6 is 21.6 Å². The number of carbonyl (C=O) groups excluding carboxylic acids is 1. The SMILES string of the molecule is CC(C)n1cnc2ccc(NC(=O)CCCCC3CCSS3)cc2c1=O. The number of nitrogens with zero attached hydrogens (tertiary/aromatic N) is 2. The number of nitrogens with one attached hydrogen (secondary N) is 1. The van der Waals surface area contributed by atoms with Crippen LogP contribution in [0, 0.1) is 0 Å². The van der Waals surface area contributed by atoms with Gasteiger partial charge in [-0.15, -0.1) is 0 Å². The molecule has 1 unspecified atom stereocenters. The summed E-state index contributed by atoms with van der Waals surface area (Å²) in [6, 6.07) is 5.37. The summed E-state index contributed by atoms with van der Waals surface area (Å²) in [5.41, 5.74) is 1.23. The average Bonchev–Trinajstić information content (AvgIpc) is 3.12. The molecule has 0 radical (unpaired) electrons. The van der Waals surface area contributed by atoms with E-state index in [2.05, 4.69) is 10.3 Å². The number of hydrogen-bond acceptors (Lipinski definition) is 5. The standard InChI is InChI=1S/C19H25N3O2S2/c1-13(2)22-12-20-17-8-7-14(11-16(17)19(22)24)21-18(23)6-4-3-5-15-9-10-25-26-15/h7-8,11-13,15H,3-6,9-10H2,1-2H3,(H,21,23). The van der Waals surface area contributed by atoms with Crippen LogP contribution < -0.4 is 10.9 Å². The number of unbranched alkanes of at least 4 members (excludes halogenated alkanes) is 1. The molecule has 1 aliphatic heterocycles. The molecule has 1 aromatic carbocycles. The number of fused-ring (bicyclic) bond motifs is 1. The van der Waals surface area contributed by atoms with E-state index in [9.17, 15) is 9.59 Å². The lowest BCUT2D eigenvalue weighted by molar-refractivity contribution is -0.116. The van der Waals surface area contributed by atoms with Gasteiger partial charge in [0.05, 0.1) is 17.2 Å². The number of carbonyl (C=O) groups is 1. The second kappa shape index (κ2) is 8.95. The van der Waals surface area contributed by atoms with Crippen LogP contribution in [-0.2, 0) is 4.79 Å². The van der Waals surface area contributed by atoms with Crippen molar-refractivity contribution in [2.75, 3.05) is 11.1 Å². The van der Waals surface area contributed by atoms with E-state index >= 15 is 0 Å². The zero-order chi connectivity index (χ0) is 18.5. The molecule has 1 saturated heterocycles. The zero-order valence-corrected chi connectivity index (χ0v) is 16.9. The monoisotopic (exact) mass is 391 g/mol. The number of aromatic nitrogens is 2. The van der Waals surface area contributed by atoms with Gasteiger partial charge < -0.3 is 5.32 Å². The van der Waals surface area contributed by atoms with Crippen molar-refractivity contribution in [2.24, 2.45) is 0 Å². The van der Waals surface area contributed by atoms with Gasteiger partial charge in [-0.05, 0) is 51.3 Å². The molecule has 26 heavy (non-hydrogen) atoms. The van der Waals surface area contributed by atoms with Crippen molar-refractivity contribution in [3.63, 3.8) is 0 Å². The maximum absolute atomic E-state index is 12.6. The fraction of sp³-hybridized carbons (Fsp3) is 0.526. The Morgan fingerprint density at radius 1 is 1.38 bits per heavy atom. The van der Waals surface area contributed by atoms with E-state index in [0.29, 0.717) is 23.0 Å². The van der Waals surface area contributed by atoms with Crippen LogP contribution in [0.25, 0.3) is 10.9 Å². The molecule has 2 aromatic rings. The second-order valence-corrected chi connectivity index (χ2v) is 9.69. The van der Waals surface area contributed by atoms with Gasteiger partial charge in [-0.3, -0.25) is 14.2 Å². The molecule has 7 heteroatoms. The minimum Gasteiger partial charge on any atom is -0.326 e. The molecule has 1 aromatic heterocycles. The van der Waals surface area contributed by atoms with Gasteiger partial charge >= 0.3 is 0 Å². The lowest BCUT2D eigenvalue weighted by Crippen LogP contribution is -2.22. The first kappa shape index (κ1) is 19.3. The van der Waals surface area contributed by atoms with Gasteiger partial charge in [-0.1, -0.05) is 28.0 Å². The van der Waals surface area contributed by atoms with Gasteiger partial charge in [0.25, 0.3) is 5.56 Å². The molecular formula is C19H25N3O2S2. The molecule has 140 valence electrons. The van der Waals surface area contributed by atoms with Gasteiger partial charge in [0, 0.05) is 29.2 Å². The summed E-state index contributed by atoms with van der Waals surface area (Å²) in [5.74, 6) is 1.26. The van der Waals surface area contributed by atoms with E-state index in [1.54, 1.807) is 29.1 Å². The number of benzene rings is 1. The van der Waals surface area contributed by atoms with E-state index in [1.165, 1.54) is 18.6 Å². The number of hydrogen-bond donors (Lipinski definition) is 1. The molecule has 1 fully saturated rings. The maximum Gasteiger partial charge on any atom is 0.261 e. The van der Waals surface area contributed by atoms with Gasteiger partial charge in [-0.2, -0.15) is 0 Å². The van der Waals surface area contributed by atoms with Gasteiger partial charge in [0.2, 0.25) is 5.91 Å². The topological polar surface area (TPSA) is 64.0 Å². The fourth-order valence-corrected chi connectivity index (χ4v) is 6.05. The molecule has 1 amide bonds. The van der Waals surface area contributed by atoms with Crippen molar-refractivity contribution in [2.45, 2.75) is 57.2 Å². The molecule has 1 N–H and O–H groups in total. The van der Waals surface area contributed by atoms with Gasteiger partial charge in [0.1, 0.15) is 0 Å². The minimum atomic E-state index is -0.0759. The van der Waals surface area contributed by atoms with Crippen LogP contribution in [0.15, 0.2) is 29.3 Å². The second-order valence-electron chi connectivity index (χ2n) is 6.91. The Kier molecular flexibility index (Phi) is 6.64. The highest BCUT2D eigenvalue weighted by Gasteiger charge is 2.16. The number of rotatable bonds is 7. The van der Waals surface area contributed by atoms with E-state index in [-0.39, 0.29) is 17.5 Å². The van der Waals surface area contributed by atoms with Crippen LogP contribution in [0.2, 0.25) is 0 Å². The van der Waals surface area contributed by atoms with Crippen molar-refractivity contribution < 1.29 is 4.79 Å². The summed E-state index contributed by atoms with van der Waals surface area (Å²) in [5, 5.41) is 4.21. The highest BCUT2D eigenvalue weighted by atomic mass is 33.1. The molecule has 0 aliphatic carbocycles. The Hall–Kier alpha value is -1.47. The van der Waals surface area contributed by atoms with Crippen molar-refractivity contribution in [3.05, 3.63) is 34.9 Å². The first-order valence-electron chi connectivity index (χ1n) is 9.13. The van der Waals surface area contributed by atoms with Gasteiger partial charge in [-0.25, -0.2) is 4.98 Å². The molecule has 0 bridgehead atoms. The van der Waals surface area contributed by atoms with Crippen molar-refractivity contribution in [1.82, 2.24) is 9.55 Å². The summed E-state index contributed by atoms with van der Waals surface area (Å²) >= 11 is 0. The summed E-state index contributed by atoms with van der Waals surface area (Å²) in [4.78, 5) is 29.1. The Bertz CT molecular complexity index is 829. The lowest BCUT2D eigenvalue weighted by Gasteiger charge is -2.11. The Morgan fingerprint density at radius 3 is 2.96 bits per heavy atom. The molecular weight excluding hydrogens is 366 g/mol. The van der Waals surface area contributed by atoms with E-state index in [4.69, 9.17) is 0 Å². The predicted octanol–water partition coefficient (Wildman–Crippen LogP) is 4.63. The molecule has 1 atom stereocenters. The zero-order valence-electron chi connectivity index (χ0n) is 15.2. The Labute approximate surface area is 161 Å². The first-order valence-corrected chi connectivity index (χ1v) is 11.5. The summed E-state index contributed by atoms with van der Waals surface area (Å²) in [6.45, 7) is 3.90. The lowest BCUT2D eigenvalue weighted by atomic mass is 10.1. The third-order valence-electron chi connectivity index (χ3n) is 4.53. The predicted molar refractivity (Wildman–Crippen MR) is 112 cm³/mol. The Balaban J connectivity index is 1.58. The van der Waals surface area contributed by atoms with Crippen LogP contribution in [0.4, 0.5) is 5.69 Å². The third kappa shape index (κ3) is 4.82. The number of anilines is 1. The maximum atomic E-state index is 12.6. The molecule has 1 aliphatic rings. The highest BCUT2D eigenvalue weighted by molar-refractivity contribution is 8.77. The average molecular weight is 392 g/mol. The van der Waals surface area contributed by atoms with Crippen LogP contribution in [0.5, 0.6) is 0 Å². The summed E-state index contributed by atoms with van der Waals surface area (Å²) in [6.07, 6.45) is 6.58. The Morgan fingerprint density at radius 2 is 2.23 bits per heavy atom. The van der Waals surface area contributed by atoms with Gasteiger partial charge in [0.15, 0.2) is 0 Å². The highest BCUT2D eigenvalue weighted by Crippen LogP contribution is 2.39. The smallest absolute Gasteiger partial charge is 0.261 e. The van der Waals surface area contributed by atoms with Crippen molar-refractivity contribution >= 4 is 44.1 Å². The number of amides is 1. The quantitative estimate of drug-likeness (QED) is 0.551. The van der Waals surface area contributed by atoms with E-state index in [0.717, 1.165) is 18.1 Å².